The first kappa shape index (κ1) is 17.4. The molecule has 4 aliphatic rings. The smallest absolute Gasteiger partial charge is 0.254 e. The average Bonchev–Trinajstić information content (AvgIpc) is 3.56. The van der Waals surface area contributed by atoms with E-state index in [1.165, 1.54) is 12.8 Å². The van der Waals surface area contributed by atoms with Crippen LogP contribution in [0.4, 0.5) is 5.95 Å². The predicted molar refractivity (Wildman–Crippen MR) is 102 cm³/mol. The standard InChI is InChI=1S/C21H30N4O2/c1-3-4-16(27-2)19-15(10-23-21(25-19)24-13-5-6-13)20(26)22-9-12-7-11-8-14-17(11)18(12)14/h10-14,16-18H,3-9H2,1-2H3,(H,22,26)(H,23,24,25)/t11?,12?,14?,16-,17?,18?/m0/s1. The Morgan fingerprint density at radius 1 is 1.33 bits per heavy atom. The van der Waals surface area contributed by atoms with Gasteiger partial charge in [0.2, 0.25) is 5.95 Å². The van der Waals surface area contributed by atoms with E-state index in [0.717, 1.165) is 55.9 Å². The first-order chi connectivity index (χ1) is 13.2. The van der Waals surface area contributed by atoms with Gasteiger partial charge in [-0.25, -0.2) is 9.97 Å². The summed E-state index contributed by atoms with van der Waals surface area (Å²) in [6, 6.07) is 0.477. The van der Waals surface area contributed by atoms with Gasteiger partial charge < -0.3 is 15.4 Å². The third kappa shape index (κ3) is 3.12. The van der Waals surface area contributed by atoms with Gasteiger partial charge in [0.25, 0.3) is 5.91 Å². The third-order valence-electron chi connectivity index (χ3n) is 7.20. The van der Waals surface area contributed by atoms with Gasteiger partial charge in [-0.15, -0.1) is 0 Å². The quantitative estimate of drug-likeness (QED) is 0.698. The van der Waals surface area contributed by atoms with Gasteiger partial charge in [0.1, 0.15) is 6.10 Å². The Bertz CT molecular complexity index is 735. The molecule has 0 bridgehead atoms. The minimum atomic E-state index is -0.176. The van der Waals surface area contributed by atoms with E-state index in [0.29, 0.717) is 29.2 Å². The summed E-state index contributed by atoms with van der Waals surface area (Å²) in [6.07, 6.45) is 8.39. The van der Waals surface area contributed by atoms with Gasteiger partial charge in [-0.05, 0) is 61.7 Å². The number of carbonyl (C=O) groups excluding carboxylic acids is 1. The van der Waals surface area contributed by atoms with Crippen molar-refractivity contribution in [3.05, 3.63) is 17.5 Å². The maximum atomic E-state index is 12.9. The van der Waals surface area contributed by atoms with Crippen LogP contribution in [0.15, 0.2) is 6.20 Å². The third-order valence-corrected chi connectivity index (χ3v) is 7.20. The molecule has 0 radical (unpaired) electrons. The zero-order valence-corrected chi connectivity index (χ0v) is 16.3. The molecule has 0 spiro atoms. The predicted octanol–water partition coefficient (Wildman–Crippen LogP) is 3.17. The van der Waals surface area contributed by atoms with Crippen molar-refractivity contribution in [2.45, 2.75) is 57.6 Å². The first-order valence-electron chi connectivity index (χ1n) is 10.6. The molecule has 1 aromatic rings. The fourth-order valence-electron chi connectivity index (χ4n) is 5.64. The number of hydrogen-bond donors (Lipinski definition) is 2. The normalized spacial score (nSPS) is 33.8. The van der Waals surface area contributed by atoms with Crippen molar-refractivity contribution in [3.8, 4) is 0 Å². The molecule has 4 fully saturated rings. The van der Waals surface area contributed by atoms with E-state index in [4.69, 9.17) is 4.74 Å². The number of fused-ring (bicyclic) bond motifs is 1. The summed E-state index contributed by atoms with van der Waals surface area (Å²) in [4.78, 5) is 22.0. The van der Waals surface area contributed by atoms with Crippen LogP contribution in [-0.4, -0.2) is 35.6 Å². The monoisotopic (exact) mass is 370 g/mol. The SMILES string of the molecule is CCC[C@H](OC)c1nc(NC2CC2)ncc1C(=O)NCC1CC2CC3C1C23. The molecule has 27 heavy (non-hydrogen) atoms. The van der Waals surface area contributed by atoms with Crippen molar-refractivity contribution < 1.29 is 9.53 Å². The molecular formula is C21H30N4O2. The van der Waals surface area contributed by atoms with Crippen molar-refractivity contribution in [2.24, 2.45) is 29.6 Å². The van der Waals surface area contributed by atoms with E-state index >= 15 is 0 Å². The maximum absolute atomic E-state index is 12.9. The fourth-order valence-corrected chi connectivity index (χ4v) is 5.64. The van der Waals surface area contributed by atoms with Crippen molar-refractivity contribution in [2.75, 3.05) is 19.0 Å². The van der Waals surface area contributed by atoms with Crippen LogP contribution in [0.5, 0.6) is 0 Å². The van der Waals surface area contributed by atoms with Gasteiger partial charge in [-0.2, -0.15) is 0 Å². The summed E-state index contributed by atoms with van der Waals surface area (Å²) >= 11 is 0. The summed E-state index contributed by atoms with van der Waals surface area (Å²) in [6.45, 7) is 2.91. The maximum Gasteiger partial charge on any atom is 0.254 e. The Morgan fingerprint density at radius 3 is 2.81 bits per heavy atom. The summed E-state index contributed by atoms with van der Waals surface area (Å²) in [5.41, 5.74) is 1.28. The zero-order chi connectivity index (χ0) is 18.5. The molecule has 0 aromatic carbocycles. The Balaban J connectivity index is 1.30. The second-order valence-electron chi connectivity index (χ2n) is 8.94. The van der Waals surface area contributed by atoms with Crippen molar-refractivity contribution >= 4 is 11.9 Å². The Kier molecular flexibility index (Phi) is 4.34. The highest BCUT2D eigenvalue weighted by Gasteiger charge is 2.69. The zero-order valence-electron chi connectivity index (χ0n) is 16.3. The molecule has 4 aliphatic carbocycles. The Morgan fingerprint density at radius 2 is 2.19 bits per heavy atom. The molecule has 0 saturated heterocycles. The largest absolute Gasteiger partial charge is 0.375 e. The van der Waals surface area contributed by atoms with Crippen molar-refractivity contribution in [1.82, 2.24) is 15.3 Å². The molecular weight excluding hydrogens is 340 g/mol. The highest BCUT2D eigenvalue weighted by Crippen LogP contribution is 2.74. The number of aromatic nitrogens is 2. The lowest BCUT2D eigenvalue weighted by Gasteiger charge is -2.28. The number of amides is 1. The second kappa shape index (κ2) is 6.73. The van der Waals surface area contributed by atoms with E-state index in [-0.39, 0.29) is 12.0 Å². The number of methoxy groups -OCH3 is 1. The topological polar surface area (TPSA) is 76.1 Å². The number of rotatable bonds is 9. The number of hydrogen-bond acceptors (Lipinski definition) is 5. The summed E-state index contributed by atoms with van der Waals surface area (Å²) in [5.74, 6) is 5.06. The number of ether oxygens (including phenoxy) is 1. The van der Waals surface area contributed by atoms with Crippen LogP contribution in [0.3, 0.4) is 0 Å². The van der Waals surface area contributed by atoms with Crippen LogP contribution in [0, 0.1) is 29.6 Å². The van der Waals surface area contributed by atoms with Crippen LogP contribution in [0.25, 0.3) is 0 Å². The highest BCUT2D eigenvalue weighted by molar-refractivity contribution is 5.95. The van der Waals surface area contributed by atoms with Crippen LogP contribution in [0.2, 0.25) is 0 Å². The molecule has 6 atom stereocenters. The van der Waals surface area contributed by atoms with Gasteiger partial charge in [-0.1, -0.05) is 13.3 Å². The second-order valence-corrected chi connectivity index (χ2v) is 8.94. The number of carbonyl (C=O) groups is 1. The van der Waals surface area contributed by atoms with Crippen LogP contribution < -0.4 is 10.6 Å². The summed E-state index contributed by atoms with van der Waals surface area (Å²) < 4.78 is 5.67. The average molecular weight is 370 g/mol. The van der Waals surface area contributed by atoms with Crippen molar-refractivity contribution in [1.29, 1.82) is 0 Å². The molecule has 1 heterocycles. The lowest BCUT2D eigenvalue weighted by atomic mass is 9.79. The molecule has 146 valence electrons. The number of anilines is 1. The molecule has 0 aliphatic heterocycles. The minimum Gasteiger partial charge on any atom is -0.375 e. The molecule has 6 nitrogen and oxygen atoms in total. The van der Waals surface area contributed by atoms with Crippen LogP contribution >= 0.6 is 0 Å². The summed E-state index contributed by atoms with van der Waals surface area (Å²) in [5, 5.41) is 6.51. The van der Waals surface area contributed by atoms with E-state index in [2.05, 4.69) is 27.5 Å². The van der Waals surface area contributed by atoms with Crippen LogP contribution in [-0.2, 0) is 4.74 Å². The Hall–Kier alpha value is -1.69. The fraction of sp³-hybridized carbons (Fsp3) is 0.762. The molecule has 5 unspecified atom stereocenters. The molecule has 1 amide bonds. The number of nitrogens with zero attached hydrogens (tertiary/aromatic N) is 2. The van der Waals surface area contributed by atoms with E-state index < -0.39 is 0 Å². The van der Waals surface area contributed by atoms with Crippen molar-refractivity contribution in [3.63, 3.8) is 0 Å². The number of nitrogens with one attached hydrogen (secondary N) is 2. The van der Waals surface area contributed by atoms with Gasteiger partial charge in [0, 0.05) is 25.9 Å². The molecule has 1 aromatic heterocycles. The minimum absolute atomic E-state index is 0.0566. The lowest BCUT2D eigenvalue weighted by Crippen LogP contribution is -2.33. The Labute approximate surface area is 160 Å². The highest BCUT2D eigenvalue weighted by atomic mass is 16.5. The van der Waals surface area contributed by atoms with Gasteiger partial charge >= 0.3 is 0 Å². The molecule has 6 heteroatoms. The van der Waals surface area contributed by atoms with Crippen LogP contribution in [0.1, 0.15) is 67.6 Å². The first-order valence-corrected chi connectivity index (χ1v) is 10.6. The van der Waals surface area contributed by atoms with Gasteiger partial charge in [-0.3, -0.25) is 4.79 Å². The van der Waals surface area contributed by atoms with E-state index in [9.17, 15) is 4.79 Å². The summed E-state index contributed by atoms with van der Waals surface area (Å²) in [7, 11) is 1.69. The molecule has 2 N–H and O–H groups in total. The molecule has 5 rings (SSSR count). The lowest BCUT2D eigenvalue weighted by molar-refractivity contribution is 0.0849. The molecule has 4 saturated carbocycles. The van der Waals surface area contributed by atoms with Gasteiger partial charge in [0.05, 0.1) is 11.3 Å². The van der Waals surface area contributed by atoms with E-state index in [1.54, 1.807) is 13.3 Å². The van der Waals surface area contributed by atoms with E-state index in [1.807, 2.05) is 0 Å². The van der Waals surface area contributed by atoms with Gasteiger partial charge in [0.15, 0.2) is 0 Å².